The lowest BCUT2D eigenvalue weighted by Crippen LogP contribution is -2.47. The Bertz CT molecular complexity index is 755. The van der Waals surface area contributed by atoms with E-state index in [0.29, 0.717) is 22.1 Å². The van der Waals surface area contributed by atoms with Crippen LogP contribution in [0.25, 0.3) is 6.08 Å². The lowest BCUT2D eigenvalue weighted by Gasteiger charge is -2.18. The molecule has 25 heavy (non-hydrogen) atoms. The molecule has 0 radical (unpaired) electrons. The molecular weight excluding hydrogens is 384 g/mol. The molecule has 2 heterocycles. The van der Waals surface area contributed by atoms with E-state index in [4.69, 9.17) is 11.6 Å². The first-order chi connectivity index (χ1) is 12.0. The zero-order chi connectivity index (χ0) is 18.0. The maximum Gasteiger partial charge on any atom is 0.294 e. The zero-order valence-corrected chi connectivity index (χ0v) is 15.4. The number of carbonyl (C=O) groups excluding carboxylic acids is 3. The first-order valence-electron chi connectivity index (χ1n) is 7.51. The van der Waals surface area contributed by atoms with Gasteiger partial charge in [-0.1, -0.05) is 29.8 Å². The van der Waals surface area contributed by atoms with E-state index >= 15 is 0 Å². The molecule has 0 aliphatic carbocycles. The molecular formula is C16H15ClN2O4S2. The molecule has 0 unspecified atom stereocenters. The summed E-state index contributed by atoms with van der Waals surface area (Å²) in [6.45, 7) is -0.363. The van der Waals surface area contributed by atoms with Gasteiger partial charge in [0.2, 0.25) is 5.91 Å². The molecule has 1 aromatic carbocycles. The van der Waals surface area contributed by atoms with Crippen molar-refractivity contribution in [1.29, 1.82) is 0 Å². The van der Waals surface area contributed by atoms with Gasteiger partial charge in [0.1, 0.15) is 6.54 Å². The summed E-state index contributed by atoms with van der Waals surface area (Å²) in [5, 5.41) is 12.4. The van der Waals surface area contributed by atoms with E-state index in [1.807, 2.05) is 0 Å². The van der Waals surface area contributed by atoms with Gasteiger partial charge in [0.05, 0.1) is 17.1 Å². The Hall–Kier alpha value is -1.48. The second-order valence-electron chi connectivity index (χ2n) is 5.57. The molecule has 9 heteroatoms. The first-order valence-corrected chi connectivity index (χ1v) is 9.85. The molecule has 3 rings (SSSR count). The fourth-order valence-electron chi connectivity index (χ4n) is 2.45. The Morgan fingerprint density at radius 1 is 1.36 bits per heavy atom. The number of benzene rings is 1. The molecule has 2 aliphatic heterocycles. The van der Waals surface area contributed by atoms with Gasteiger partial charge in [0.15, 0.2) is 0 Å². The van der Waals surface area contributed by atoms with Crippen LogP contribution >= 0.6 is 35.1 Å². The highest BCUT2D eigenvalue weighted by Crippen LogP contribution is 2.33. The van der Waals surface area contributed by atoms with E-state index in [9.17, 15) is 19.5 Å². The summed E-state index contributed by atoms with van der Waals surface area (Å²) in [5.74, 6) is 0.188. The van der Waals surface area contributed by atoms with Crippen molar-refractivity contribution in [1.82, 2.24) is 10.2 Å². The third-order valence-electron chi connectivity index (χ3n) is 3.76. The standard InChI is InChI=1S/C16H15ClN2O4S2/c17-10-4-2-1-3-9(10)5-13-15(22)19(16(23)25-13)6-14(21)18-11-7-24-8-12(11)20/h1-5,11-12,20H,6-8H2,(H,18,21)/t11-,12+/m1/s1. The Balaban J connectivity index is 1.67. The van der Waals surface area contributed by atoms with Gasteiger partial charge in [-0.25, -0.2) is 0 Å². The molecule has 132 valence electrons. The van der Waals surface area contributed by atoms with Gasteiger partial charge in [0, 0.05) is 16.5 Å². The van der Waals surface area contributed by atoms with Crippen molar-refractivity contribution < 1.29 is 19.5 Å². The van der Waals surface area contributed by atoms with Crippen LogP contribution in [0.4, 0.5) is 4.79 Å². The van der Waals surface area contributed by atoms with Gasteiger partial charge in [-0.2, -0.15) is 11.8 Å². The van der Waals surface area contributed by atoms with Crippen LogP contribution in [-0.4, -0.2) is 57.3 Å². The van der Waals surface area contributed by atoms with Crippen molar-refractivity contribution in [3.8, 4) is 0 Å². The maximum absolute atomic E-state index is 12.4. The zero-order valence-electron chi connectivity index (χ0n) is 13.0. The molecule has 0 saturated carbocycles. The smallest absolute Gasteiger partial charge is 0.294 e. The Morgan fingerprint density at radius 2 is 2.12 bits per heavy atom. The number of thioether (sulfide) groups is 2. The summed E-state index contributed by atoms with van der Waals surface area (Å²) in [4.78, 5) is 37.7. The Labute approximate surface area is 158 Å². The van der Waals surface area contributed by atoms with Gasteiger partial charge in [-0.05, 0) is 29.5 Å². The quantitative estimate of drug-likeness (QED) is 0.754. The van der Waals surface area contributed by atoms with E-state index in [-0.39, 0.29) is 17.5 Å². The molecule has 2 fully saturated rings. The fourth-order valence-corrected chi connectivity index (χ4v) is 4.64. The van der Waals surface area contributed by atoms with Gasteiger partial charge in [-0.15, -0.1) is 0 Å². The second kappa shape index (κ2) is 7.82. The highest BCUT2D eigenvalue weighted by molar-refractivity contribution is 8.18. The largest absolute Gasteiger partial charge is 0.390 e. The number of aliphatic hydroxyl groups is 1. The molecule has 2 saturated heterocycles. The second-order valence-corrected chi connectivity index (χ2v) is 8.04. The number of nitrogens with zero attached hydrogens (tertiary/aromatic N) is 1. The summed E-state index contributed by atoms with van der Waals surface area (Å²) in [6, 6.07) is 6.63. The van der Waals surface area contributed by atoms with Crippen molar-refractivity contribution in [2.24, 2.45) is 0 Å². The highest BCUT2D eigenvalue weighted by Gasteiger charge is 2.37. The molecule has 2 N–H and O–H groups in total. The number of carbonyl (C=O) groups is 3. The van der Waals surface area contributed by atoms with Crippen molar-refractivity contribution >= 4 is 58.3 Å². The number of amides is 3. The predicted octanol–water partition coefficient (Wildman–Crippen LogP) is 1.97. The summed E-state index contributed by atoms with van der Waals surface area (Å²) in [5.41, 5.74) is 0.630. The normalized spacial score (nSPS) is 25.0. The van der Waals surface area contributed by atoms with E-state index in [2.05, 4.69) is 5.32 Å². The highest BCUT2D eigenvalue weighted by atomic mass is 35.5. The number of imide groups is 1. The van der Waals surface area contributed by atoms with Crippen LogP contribution in [0.5, 0.6) is 0 Å². The topological polar surface area (TPSA) is 86.7 Å². The minimum atomic E-state index is -0.607. The SMILES string of the molecule is O=C(CN1C(=O)SC(=Cc2ccccc2Cl)C1=O)N[C@@H]1CSC[C@@H]1O. The monoisotopic (exact) mass is 398 g/mol. The van der Waals surface area contributed by atoms with E-state index in [0.717, 1.165) is 16.7 Å². The van der Waals surface area contributed by atoms with Crippen LogP contribution in [0.2, 0.25) is 5.02 Å². The van der Waals surface area contributed by atoms with Crippen LogP contribution in [0.1, 0.15) is 5.56 Å². The van der Waals surface area contributed by atoms with E-state index in [1.54, 1.807) is 42.1 Å². The number of nitrogens with one attached hydrogen (secondary N) is 1. The number of aliphatic hydroxyl groups excluding tert-OH is 1. The minimum absolute atomic E-state index is 0.224. The van der Waals surface area contributed by atoms with E-state index in [1.165, 1.54) is 0 Å². The number of hydrogen-bond donors (Lipinski definition) is 2. The third kappa shape index (κ3) is 4.20. The Morgan fingerprint density at radius 3 is 2.80 bits per heavy atom. The van der Waals surface area contributed by atoms with Crippen LogP contribution < -0.4 is 5.32 Å². The van der Waals surface area contributed by atoms with Gasteiger partial charge >= 0.3 is 0 Å². The molecule has 6 nitrogen and oxygen atoms in total. The number of rotatable bonds is 4. The van der Waals surface area contributed by atoms with Gasteiger partial charge in [0.25, 0.3) is 11.1 Å². The molecule has 1 aromatic rings. The molecule has 2 atom stereocenters. The summed E-state index contributed by atoms with van der Waals surface area (Å²) in [7, 11) is 0. The van der Waals surface area contributed by atoms with Crippen molar-refractivity contribution in [3.05, 3.63) is 39.8 Å². The number of hydrogen-bond acceptors (Lipinski definition) is 6. The third-order valence-corrected chi connectivity index (χ3v) is 6.19. The number of halogens is 1. The van der Waals surface area contributed by atoms with Crippen molar-refractivity contribution in [2.45, 2.75) is 12.1 Å². The van der Waals surface area contributed by atoms with Crippen LogP contribution in [0.15, 0.2) is 29.2 Å². The molecule has 3 amide bonds. The predicted molar refractivity (Wildman–Crippen MR) is 99.4 cm³/mol. The van der Waals surface area contributed by atoms with Crippen molar-refractivity contribution in [3.63, 3.8) is 0 Å². The molecule has 0 bridgehead atoms. The Kier molecular flexibility index (Phi) is 5.73. The summed E-state index contributed by atoms with van der Waals surface area (Å²) < 4.78 is 0. The molecule has 0 spiro atoms. The van der Waals surface area contributed by atoms with Gasteiger partial charge < -0.3 is 10.4 Å². The lowest BCUT2D eigenvalue weighted by molar-refractivity contribution is -0.129. The van der Waals surface area contributed by atoms with Crippen LogP contribution in [-0.2, 0) is 9.59 Å². The average Bonchev–Trinajstić information content (AvgIpc) is 3.08. The minimum Gasteiger partial charge on any atom is -0.390 e. The summed E-state index contributed by atoms with van der Waals surface area (Å²) >= 11 is 8.38. The van der Waals surface area contributed by atoms with Crippen molar-refractivity contribution in [2.75, 3.05) is 18.1 Å². The average molecular weight is 399 g/mol. The molecule has 2 aliphatic rings. The van der Waals surface area contributed by atoms with Gasteiger partial charge in [-0.3, -0.25) is 19.3 Å². The van der Waals surface area contributed by atoms with Crippen LogP contribution in [0, 0.1) is 0 Å². The lowest BCUT2D eigenvalue weighted by atomic mass is 10.2. The first kappa shape index (κ1) is 18.3. The van der Waals surface area contributed by atoms with E-state index < -0.39 is 23.2 Å². The summed E-state index contributed by atoms with van der Waals surface area (Å²) in [6.07, 6.45) is 0.937. The fraction of sp³-hybridized carbons (Fsp3) is 0.312. The van der Waals surface area contributed by atoms with Crippen LogP contribution in [0.3, 0.4) is 0 Å². The maximum atomic E-state index is 12.4. The molecule has 0 aromatic heterocycles.